The van der Waals surface area contributed by atoms with Crippen LogP contribution in [-0.4, -0.2) is 53.7 Å². The number of fused-ring (bicyclic) bond motifs is 1. The van der Waals surface area contributed by atoms with Crippen LogP contribution in [0, 0.1) is 5.92 Å². The number of ether oxygens (including phenoxy) is 1. The lowest BCUT2D eigenvalue weighted by Crippen LogP contribution is -2.58. The van der Waals surface area contributed by atoms with E-state index in [1.54, 1.807) is 4.90 Å². The maximum absolute atomic E-state index is 12.6. The first kappa shape index (κ1) is 16.2. The fraction of sp³-hybridized carbons (Fsp3) is 0.867. The normalized spacial score (nSPS) is 30.6. The number of amides is 1. The molecule has 3 N–H and O–H groups in total. The number of carbonyl (C=O) groups excluding carboxylic acids is 1. The largest absolute Gasteiger partial charge is 0.480 e. The summed E-state index contributed by atoms with van der Waals surface area (Å²) in [7, 11) is 1.53. The molecular weight excluding hydrogens is 272 g/mol. The third-order valence-corrected chi connectivity index (χ3v) is 4.94. The van der Waals surface area contributed by atoms with Crippen molar-refractivity contribution >= 4 is 11.9 Å². The lowest BCUT2D eigenvalue weighted by atomic mass is 9.76. The molecule has 1 aliphatic heterocycles. The SMILES string of the molecule is COC(CN)CC(=O)N1C(C(=O)O)CCC2CCCCC21. The van der Waals surface area contributed by atoms with Gasteiger partial charge in [0.1, 0.15) is 6.04 Å². The standard InChI is InChI=1S/C15H26N2O4/c1-21-11(9-16)8-14(18)17-12-5-3-2-4-10(12)6-7-13(17)15(19)20/h10-13H,2-9,16H2,1H3,(H,19,20). The van der Waals surface area contributed by atoms with Crippen LogP contribution >= 0.6 is 0 Å². The zero-order valence-corrected chi connectivity index (χ0v) is 12.7. The zero-order valence-electron chi connectivity index (χ0n) is 12.7. The summed E-state index contributed by atoms with van der Waals surface area (Å²) in [4.78, 5) is 25.8. The number of carbonyl (C=O) groups is 2. The third kappa shape index (κ3) is 3.55. The van der Waals surface area contributed by atoms with Crippen molar-refractivity contribution in [2.75, 3.05) is 13.7 Å². The quantitative estimate of drug-likeness (QED) is 0.789. The van der Waals surface area contributed by atoms with E-state index < -0.39 is 12.0 Å². The van der Waals surface area contributed by atoms with Gasteiger partial charge in [-0.05, 0) is 31.6 Å². The molecule has 0 bridgehead atoms. The van der Waals surface area contributed by atoms with Gasteiger partial charge >= 0.3 is 5.97 Å². The summed E-state index contributed by atoms with van der Waals surface area (Å²) < 4.78 is 5.17. The van der Waals surface area contributed by atoms with Crippen LogP contribution in [0.25, 0.3) is 0 Å². The summed E-state index contributed by atoms with van der Waals surface area (Å²) in [6.07, 6.45) is 5.58. The Morgan fingerprint density at radius 3 is 2.62 bits per heavy atom. The van der Waals surface area contributed by atoms with Gasteiger partial charge in [0, 0.05) is 19.7 Å². The number of methoxy groups -OCH3 is 1. The molecule has 2 rings (SSSR count). The number of hydrogen-bond donors (Lipinski definition) is 2. The first-order valence-corrected chi connectivity index (χ1v) is 7.85. The van der Waals surface area contributed by atoms with Gasteiger partial charge in [0.05, 0.1) is 12.5 Å². The first-order valence-electron chi connectivity index (χ1n) is 7.85. The van der Waals surface area contributed by atoms with Crippen LogP contribution in [0.2, 0.25) is 0 Å². The summed E-state index contributed by atoms with van der Waals surface area (Å²) in [6, 6.07) is -0.608. The van der Waals surface area contributed by atoms with Crippen molar-refractivity contribution in [3.63, 3.8) is 0 Å². The monoisotopic (exact) mass is 298 g/mol. The van der Waals surface area contributed by atoms with E-state index in [2.05, 4.69) is 0 Å². The highest BCUT2D eigenvalue weighted by Crippen LogP contribution is 2.38. The van der Waals surface area contributed by atoms with Crippen LogP contribution in [-0.2, 0) is 14.3 Å². The topological polar surface area (TPSA) is 92.9 Å². The number of carboxylic acid groups (broad SMARTS) is 1. The minimum atomic E-state index is -0.894. The average Bonchev–Trinajstić information content (AvgIpc) is 2.50. The molecule has 0 aromatic carbocycles. The number of aliphatic carboxylic acids is 1. The lowest BCUT2D eigenvalue weighted by molar-refractivity contribution is -0.159. The van der Waals surface area contributed by atoms with E-state index in [9.17, 15) is 14.7 Å². The Bertz CT molecular complexity index is 384. The number of nitrogens with two attached hydrogens (primary N) is 1. The van der Waals surface area contributed by atoms with Crippen molar-refractivity contribution in [3.8, 4) is 0 Å². The summed E-state index contributed by atoms with van der Waals surface area (Å²) in [5.74, 6) is -0.567. The fourth-order valence-electron chi connectivity index (χ4n) is 3.80. The predicted octanol–water partition coefficient (Wildman–Crippen LogP) is 0.985. The van der Waals surface area contributed by atoms with Crippen molar-refractivity contribution < 1.29 is 19.4 Å². The second-order valence-corrected chi connectivity index (χ2v) is 6.14. The molecule has 0 aromatic heterocycles. The van der Waals surface area contributed by atoms with Gasteiger partial charge in [-0.25, -0.2) is 4.79 Å². The molecule has 1 amide bonds. The highest BCUT2D eigenvalue weighted by Gasteiger charge is 2.43. The Morgan fingerprint density at radius 1 is 1.29 bits per heavy atom. The summed E-state index contributed by atoms with van der Waals surface area (Å²) in [5, 5.41) is 9.45. The molecule has 1 saturated carbocycles. The van der Waals surface area contributed by atoms with Crippen molar-refractivity contribution in [1.82, 2.24) is 4.90 Å². The van der Waals surface area contributed by atoms with Crippen LogP contribution in [0.15, 0.2) is 0 Å². The molecule has 4 atom stereocenters. The molecule has 6 heteroatoms. The van der Waals surface area contributed by atoms with Crippen molar-refractivity contribution in [1.29, 1.82) is 0 Å². The van der Waals surface area contributed by atoms with E-state index in [1.807, 2.05) is 0 Å². The van der Waals surface area contributed by atoms with Gasteiger partial charge in [-0.2, -0.15) is 0 Å². The third-order valence-electron chi connectivity index (χ3n) is 4.94. The van der Waals surface area contributed by atoms with Gasteiger partial charge < -0.3 is 20.5 Å². The Labute approximate surface area is 125 Å². The van der Waals surface area contributed by atoms with Crippen molar-refractivity contribution in [2.24, 2.45) is 11.7 Å². The number of piperidine rings is 1. The van der Waals surface area contributed by atoms with Crippen LogP contribution in [0.3, 0.4) is 0 Å². The van der Waals surface area contributed by atoms with Gasteiger partial charge in [0.15, 0.2) is 0 Å². The molecule has 0 spiro atoms. The van der Waals surface area contributed by atoms with Crippen LogP contribution in [0.4, 0.5) is 0 Å². The average molecular weight is 298 g/mol. The number of rotatable bonds is 5. The van der Waals surface area contributed by atoms with Gasteiger partial charge in [-0.3, -0.25) is 4.79 Å². The second-order valence-electron chi connectivity index (χ2n) is 6.14. The van der Waals surface area contributed by atoms with Crippen LogP contribution < -0.4 is 5.73 Å². The fourth-order valence-corrected chi connectivity index (χ4v) is 3.80. The van der Waals surface area contributed by atoms with E-state index in [1.165, 1.54) is 13.5 Å². The number of carboxylic acids is 1. The van der Waals surface area contributed by atoms with E-state index in [4.69, 9.17) is 10.5 Å². The van der Waals surface area contributed by atoms with Gasteiger partial charge in [-0.15, -0.1) is 0 Å². The highest BCUT2D eigenvalue weighted by atomic mass is 16.5. The Hall–Kier alpha value is -1.14. The van der Waals surface area contributed by atoms with E-state index in [0.29, 0.717) is 12.3 Å². The van der Waals surface area contributed by atoms with Crippen molar-refractivity contribution in [3.05, 3.63) is 0 Å². The Kier molecular flexibility index (Phi) is 5.58. The molecule has 1 heterocycles. The minimum Gasteiger partial charge on any atom is -0.480 e. The maximum Gasteiger partial charge on any atom is 0.326 e. The van der Waals surface area contributed by atoms with Gasteiger partial charge in [0.2, 0.25) is 5.91 Å². The maximum atomic E-state index is 12.6. The van der Waals surface area contributed by atoms with Crippen molar-refractivity contribution in [2.45, 2.75) is 63.1 Å². The number of hydrogen-bond acceptors (Lipinski definition) is 4. The van der Waals surface area contributed by atoms with Crippen LogP contribution in [0.5, 0.6) is 0 Å². The lowest BCUT2D eigenvalue weighted by Gasteiger charge is -2.47. The molecule has 1 saturated heterocycles. The van der Waals surface area contributed by atoms with Gasteiger partial charge in [0.25, 0.3) is 0 Å². The number of likely N-dealkylation sites (tertiary alicyclic amines) is 1. The smallest absolute Gasteiger partial charge is 0.326 e. The minimum absolute atomic E-state index is 0.0800. The van der Waals surface area contributed by atoms with Crippen LogP contribution in [0.1, 0.15) is 44.9 Å². The molecule has 6 nitrogen and oxygen atoms in total. The Morgan fingerprint density at radius 2 is 2.00 bits per heavy atom. The summed E-state index contributed by atoms with van der Waals surface area (Å²) >= 11 is 0. The van der Waals surface area contributed by atoms with E-state index >= 15 is 0 Å². The molecule has 4 unspecified atom stereocenters. The molecule has 1 aliphatic carbocycles. The molecule has 0 aromatic rings. The second kappa shape index (κ2) is 7.22. The molecule has 21 heavy (non-hydrogen) atoms. The molecular formula is C15H26N2O4. The predicted molar refractivity (Wildman–Crippen MR) is 77.7 cm³/mol. The first-order chi connectivity index (χ1) is 10.1. The number of nitrogens with zero attached hydrogens (tertiary/aromatic N) is 1. The molecule has 2 aliphatic rings. The summed E-state index contributed by atoms with van der Waals surface area (Å²) in [6.45, 7) is 0.266. The van der Waals surface area contributed by atoms with E-state index in [0.717, 1.165) is 25.7 Å². The molecule has 0 radical (unpaired) electrons. The Balaban J connectivity index is 2.15. The van der Waals surface area contributed by atoms with Gasteiger partial charge in [-0.1, -0.05) is 12.8 Å². The molecule has 120 valence electrons. The summed E-state index contributed by atoms with van der Waals surface area (Å²) in [5.41, 5.74) is 5.58. The highest BCUT2D eigenvalue weighted by molar-refractivity contribution is 5.84. The molecule has 2 fully saturated rings. The zero-order chi connectivity index (χ0) is 15.4. The van der Waals surface area contributed by atoms with E-state index in [-0.39, 0.29) is 31.0 Å².